The molecular formula is C11H8BrN3O3. The predicted molar refractivity (Wildman–Crippen MR) is 67.6 cm³/mol. The van der Waals surface area contributed by atoms with Gasteiger partial charge in [0.15, 0.2) is 0 Å². The summed E-state index contributed by atoms with van der Waals surface area (Å²) in [7, 11) is 0. The quantitative estimate of drug-likeness (QED) is 0.642. The van der Waals surface area contributed by atoms with Crippen LogP contribution in [0.3, 0.4) is 0 Å². The Hall–Kier alpha value is -2.02. The van der Waals surface area contributed by atoms with Crippen LogP contribution in [-0.2, 0) is 0 Å². The molecule has 2 rings (SSSR count). The first kappa shape index (κ1) is 12.4. The molecule has 0 saturated heterocycles. The summed E-state index contributed by atoms with van der Waals surface area (Å²) in [5.74, 6) is 0.387. The van der Waals surface area contributed by atoms with Gasteiger partial charge in [0.1, 0.15) is 6.33 Å². The minimum Gasteiger partial charge on any atom is -0.431 e. The molecule has 7 heteroatoms. The highest BCUT2D eigenvalue weighted by atomic mass is 79.9. The average molecular weight is 310 g/mol. The molecule has 0 aliphatic carbocycles. The van der Waals surface area contributed by atoms with Crippen LogP contribution in [0.1, 0.15) is 5.56 Å². The normalized spacial score (nSPS) is 10.1. The second kappa shape index (κ2) is 5.09. The van der Waals surface area contributed by atoms with E-state index in [4.69, 9.17) is 4.74 Å². The molecular weight excluding hydrogens is 302 g/mol. The fourth-order valence-corrected chi connectivity index (χ4v) is 1.64. The van der Waals surface area contributed by atoms with Crippen molar-refractivity contribution in [2.45, 2.75) is 6.92 Å². The molecule has 0 fully saturated rings. The molecule has 0 saturated carbocycles. The molecule has 0 spiro atoms. The van der Waals surface area contributed by atoms with E-state index in [2.05, 4.69) is 25.9 Å². The Balaban J connectivity index is 2.42. The van der Waals surface area contributed by atoms with Crippen molar-refractivity contribution in [3.63, 3.8) is 0 Å². The van der Waals surface area contributed by atoms with E-state index in [0.717, 1.165) is 5.56 Å². The maximum atomic E-state index is 10.9. The van der Waals surface area contributed by atoms with Crippen molar-refractivity contribution in [3.05, 3.63) is 50.9 Å². The molecule has 1 heterocycles. The largest absolute Gasteiger partial charge is 0.431 e. The summed E-state index contributed by atoms with van der Waals surface area (Å²) in [5, 5.41) is 10.9. The standard InChI is InChI=1S/C11H8BrN3O3/c1-7-2-3-9(15(16)17)10(4-7)18-11-8(12)5-13-6-14-11/h2-6H,1H3. The molecule has 0 bridgehead atoms. The number of aryl methyl sites for hydroxylation is 1. The van der Waals surface area contributed by atoms with E-state index in [0.29, 0.717) is 4.47 Å². The van der Waals surface area contributed by atoms with E-state index in [9.17, 15) is 10.1 Å². The van der Waals surface area contributed by atoms with Gasteiger partial charge in [0.2, 0.25) is 11.6 Å². The molecule has 0 atom stereocenters. The number of nitro benzene ring substituents is 1. The second-order valence-corrected chi connectivity index (χ2v) is 4.36. The van der Waals surface area contributed by atoms with Crippen molar-refractivity contribution < 1.29 is 9.66 Å². The summed E-state index contributed by atoms with van der Waals surface area (Å²) in [6, 6.07) is 4.65. The van der Waals surface area contributed by atoms with Gasteiger partial charge in [-0.15, -0.1) is 0 Å². The van der Waals surface area contributed by atoms with Crippen LogP contribution in [0.2, 0.25) is 0 Å². The van der Waals surface area contributed by atoms with Gasteiger partial charge in [0.05, 0.1) is 9.40 Å². The van der Waals surface area contributed by atoms with Crippen molar-refractivity contribution in [3.8, 4) is 11.6 Å². The van der Waals surface area contributed by atoms with Crippen molar-refractivity contribution in [1.82, 2.24) is 9.97 Å². The van der Waals surface area contributed by atoms with Gasteiger partial charge < -0.3 is 4.74 Å². The summed E-state index contributed by atoms with van der Waals surface area (Å²) in [5.41, 5.74) is 0.756. The maximum Gasteiger partial charge on any atom is 0.311 e. The third-order valence-electron chi connectivity index (χ3n) is 2.15. The average Bonchev–Trinajstić information content (AvgIpc) is 2.32. The van der Waals surface area contributed by atoms with Crippen LogP contribution in [0, 0.1) is 17.0 Å². The number of halogens is 1. The Morgan fingerprint density at radius 3 is 2.89 bits per heavy atom. The lowest BCUT2D eigenvalue weighted by Crippen LogP contribution is -1.96. The third kappa shape index (κ3) is 2.62. The number of hydrogen-bond acceptors (Lipinski definition) is 5. The van der Waals surface area contributed by atoms with E-state index >= 15 is 0 Å². The van der Waals surface area contributed by atoms with Crippen LogP contribution >= 0.6 is 15.9 Å². The zero-order valence-corrected chi connectivity index (χ0v) is 10.9. The molecule has 0 radical (unpaired) electrons. The summed E-state index contributed by atoms with van der Waals surface area (Å²) < 4.78 is 5.97. The van der Waals surface area contributed by atoms with Gasteiger partial charge in [0.25, 0.3) is 0 Å². The molecule has 0 N–H and O–H groups in total. The summed E-state index contributed by atoms with van der Waals surface area (Å²) in [6.07, 6.45) is 2.81. The Morgan fingerprint density at radius 1 is 1.44 bits per heavy atom. The lowest BCUT2D eigenvalue weighted by molar-refractivity contribution is -0.385. The van der Waals surface area contributed by atoms with E-state index in [1.165, 1.54) is 18.6 Å². The van der Waals surface area contributed by atoms with Crippen molar-refractivity contribution in [1.29, 1.82) is 0 Å². The van der Waals surface area contributed by atoms with Crippen molar-refractivity contribution in [2.75, 3.05) is 0 Å². The van der Waals surface area contributed by atoms with Crippen LogP contribution in [0.5, 0.6) is 11.6 Å². The van der Waals surface area contributed by atoms with Gasteiger partial charge in [-0.3, -0.25) is 10.1 Å². The number of aromatic nitrogens is 2. The maximum absolute atomic E-state index is 10.9. The molecule has 18 heavy (non-hydrogen) atoms. The van der Waals surface area contributed by atoms with Gasteiger partial charge in [-0.05, 0) is 34.5 Å². The molecule has 6 nitrogen and oxygen atoms in total. The lowest BCUT2D eigenvalue weighted by atomic mass is 10.2. The molecule has 2 aromatic rings. The highest BCUT2D eigenvalue weighted by Gasteiger charge is 2.17. The fourth-order valence-electron chi connectivity index (χ4n) is 1.33. The van der Waals surface area contributed by atoms with Crippen LogP contribution < -0.4 is 4.74 Å². The highest BCUT2D eigenvalue weighted by Crippen LogP contribution is 2.33. The van der Waals surface area contributed by atoms with E-state index in [1.807, 2.05) is 6.92 Å². The molecule has 0 unspecified atom stereocenters. The molecule has 1 aromatic carbocycles. The van der Waals surface area contributed by atoms with Gasteiger partial charge in [-0.25, -0.2) is 9.97 Å². The summed E-state index contributed by atoms with van der Waals surface area (Å²) in [4.78, 5) is 18.1. The monoisotopic (exact) mass is 309 g/mol. The molecule has 0 amide bonds. The van der Waals surface area contributed by atoms with E-state index in [1.54, 1.807) is 12.1 Å². The van der Waals surface area contributed by atoms with Gasteiger partial charge in [0, 0.05) is 12.3 Å². The highest BCUT2D eigenvalue weighted by molar-refractivity contribution is 9.10. The topological polar surface area (TPSA) is 78.2 Å². The van der Waals surface area contributed by atoms with Crippen molar-refractivity contribution in [2.24, 2.45) is 0 Å². The van der Waals surface area contributed by atoms with Crippen molar-refractivity contribution >= 4 is 21.6 Å². The first-order valence-corrected chi connectivity index (χ1v) is 5.75. The molecule has 92 valence electrons. The number of ether oxygens (including phenoxy) is 1. The number of benzene rings is 1. The Bertz CT molecular complexity index is 604. The lowest BCUT2D eigenvalue weighted by Gasteiger charge is -2.07. The van der Waals surface area contributed by atoms with Gasteiger partial charge in [-0.1, -0.05) is 6.07 Å². The number of hydrogen-bond donors (Lipinski definition) is 0. The summed E-state index contributed by atoms with van der Waals surface area (Å²) >= 11 is 3.21. The molecule has 0 aliphatic rings. The SMILES string of the molecule is Cc1ccc([N+](=O)[O-])c(Oc2ncncc2Br)c1. The van der Waals surface area contributed by atoms with Crippen LogP contribution in [0.4, 0.5) is 5.69 Å². The number of nitro groups is 1. The molecule has 0 aliphatic heterocycles. The zero-order valence-electron chi connectivity index (χ0n) is 9.33. The number of nitrogens with zero attached hydrogens (tertiary/aromatic N) is 3. The first-order valence-electron chi connectivity index (χ1n) is 4.96. The second-order valence-electron chi connectivity index (χ2n) is 3.51. The van der Waals surface area contributed by atoms with Gasteiger partial charge in [-0.2, -0.15) is 0 Å². The van der Waals surface area contributed by atoms with E-state index < -0.39 is 4.92 Å². The first-order chi connectivity index (χ1) is 8.58. The Morgan fingerprint density at radius 2 is 2.22 bits per heavy atom. The van der Waals surface area contributed by atoms with Crippen LogP contribution in [0.25, 0.3) is 0 Å². The number of rotatable bonds is 3. The Labute approximate surface area is 111 Å². The van der Waals surface area contributed by atoms with Crippen LogP contribution in [0.15, 0.2) is 35.2 Å². The minimum absolute atomic E-state index is 0.105. The van der Waals surface area contributed by atoms with Crippen LogP contribution in [-0.4, -0.2) is 14.9 Å². The van der Waals surface area contributed by atoms with Gasteiger partial charge >= 0.3 is 5.69 Å². The smallest absolute Gasteiger partial charge is 0.311 e. The third-order valence-corrected chi connectivity index (χ3v) is 2.70. The zero-order chi connectivity index (χ0) is 13.1. The predicted octanol–water partition coefficient (Wildman–Crippen LogP) is 3.25. The van der Waals surface area contributed by atoms with E-state index in [-0.39, 0.29) is 17.3 Å². The molecule has 1 aromatic heterocycles. The summed E-state index contributed by atoms with van der Waals surface area (Å²) in [6.45, 7) is 1.83. The Kier molecular flexibility index (Phi) is 3.52. The minimum atomic E-state index is -0.496. The fraction of sp³-hybridized carbons (Fsp3) is 0.0909.